The molecule has 3 rings (SSSR count). The van der Waals surface area contributed by atoms with Gasteiger partial charge in [0.15, 0.2) is 0 Å². The van der Waals surface area contributed by atoms with Crippen molar-refractivity contribution in [3.8, 4) is 0 Å². The zero-order chi connectivity index (χ0) is 16.2. The number of hydrogen-bond donors (Lipinski definition) is 1. The summed E-state index contributed by atoms with van der Waals surface area (Å²) in [5.41, 5.74) is 1.01. The van der Waals surface area contributed by atoms with Gasteiger partial charge in [0.25, 0.3) is 0 Å². The van der Waals surface area contributed by atoms with Crippen LogP contribution in [0.5, 0.6) is 0 Å². The second-order valence-corrected chi connectivity index (χ2v) is 6.01. The third-order valence-corrected chi connectivity index (χ3v) is 4.32. The molecule has 1 aromatic rings. The fraction of sp³-hybridized carbons (Fsp3) is 0.562. The molecule has 0 bridgehead atoms. The number of ether oxygens (including phenoxy) is 1. The smallest absolute Gasteiger partial charge is 0.225 e. The molecular formula is C16H22N4O3. The van der Waals surface area contributed by atoms with Crippen LogP contribution < -0.4 is 10.2 Å². The highest BCUT2D eigenvalue weighted by Gasteiger charge is 2.31. The van der Waals surface area contributed by atoms with E-state index in [2.05, 4.69) is 15.2 Å². The van der Waals surface area contributed by atoms with Gasteiger partial charge >= 0.3 is 0 Å². The molecule has 2 aliphatic rings. The Morgan fingerprint density at radius 2 is 2.22 bits per heavy atom. The van der Waals surface area contributed by atoms with E-state index >= 15 is 0 Å². The molecule has 0 saturated carbocycles. The molecule has 1 N–H and O–H groups in total. The molecule has 1 aromatic heterocycles. The van der Waals surface area contributed by atoms with Crippen LogP contribution >= 0.6 is 0 Å². The largest absolute Gasteiger partial charge is 0.378 e. The molecule has 23 heavy (non-hydrogen) atoms. The molecule has 2 amide bonds. The van der Waals surface area contributed by atoms with E-state index in [9.17, 15) is 9.59 Å². The molecule has 2 aliphatic heterocycles. The lowest BCUT2D eigenvalue weighted by Gasteiger charge is -2.28. The molecule has 0 unspecified atom stereocenters. The highest BCUT2D eigenvalue weighted by Crippen LogP contribution is 2.17. The van der Waals surface area contributed by atoms with E-state index < -0.39 is 0 Å². The number of anilines is 1. The lowest BCUT2D eigenvalue weighted by Crippen LogP contribution is -2.37. The van der Waals surface area contributed by atoms with Crippen molar-refractivity contribution >= 4 is 17.6 Å². The summed E-state index contributed by atoms with van der Waals surface area (Å²) >= 11 is 0. The minimum Gasteiger partial charge on any atom is -0.378 e. The Kier molecular flexibility index (Phi) is 4.76. The van der Waals surface area contributed by atoms with E-state index in [1.165, 1.54) is 0 Å². The Balaban J connectivity index is 1.56. The third-order valence-electron chi connectivity index (χ3n) is 4.32. The monoisotopic (exact) mass is 318 g/mol. The van der Waals surface area contributed by atoms with Crippen LogP contribution in [0.15, 0.2) is 18.3 Å². The molecule has 7 heteroatoms. The molecule has 2 fully saturated rings. The first-order valence-corrected chi connectivity index (χ1v) is 7.93. The Labute approximate surface area is 135 Å². The number of rotatable bonds is 4. The summed E-state index contributed by atoms with van der Waals surface area (Å²) in [6.07, 6.45) is 2.07. The topological polar surface area (TPSA) is 74.8 Å². The lowest BCUT2D eigenvalue weighted by atomic mass is 10.1. The molecule has 124 valence electrons. The third kappa shape index (κ3) is 3.79. The van der Waals surface area contributed by atoms with Crippen molar-refractivity contribution in [2.24, 2.45) is 5.92 Å². The number of pyridine rings is 1. The maximum atomic E-state index is 12.2. The molecule has 7 nitrogen and oxygen atoms in total. The summed E-state index contributed by atoms with van der Waals surface area (Å²) in [6.45, 7) is 4.05. The molecular weight excluding hydrogens is 296 g/mol. The molecule has 0 aromatic carbocycles. The standard InChI is InChI=1S/C16H22N4O3/c1-19-11-13(9-15(19)21)16(22)18-10-12-2-3-17-14(8-12)20-4-6-23-7-5-20/h2-3,8,13H,4-7,9-11H2,1H3,(H,18,22)/t13-/m1/s1. The number of likely N-dealkylation sites (tertiary alicyclic amines) is 1. The second-order valence-electron chi connectivity index (χ2n) is 6.01. The van der Waals surface area contributed by atoms with Crippen LogP contribution in [0.1, 0.15) is 12.0 Å². The summed E-state index contributed by atoms with van der Waals surface area (Å²) < 4.78 is 5.35. The van der Waals surface area contributed by atoms with Gasteiger partial charge in [-0.1, -0.05) is 0 Å². The van der Waals surface area contributed by atoms with Gasteiger partial charge in [-0.3, -0.25) is 9.59 Å². The van der Waals surface area contributed by atoms with Crippen LogP contribution in [0.2, 0.25) is 0 Å². The van der Waals surface area contributed by atoms with Crippen LogP contribution in [0.3, 0.4) is 0 Å². The van der Waals surface area contributed by atoms with Crippen molar-refractivity contribution in [2.45, 2.75) is 13.0 Å². The number of amides is 2. The summed E-state index contributed by atoms with van der Waals surface area (Å²) in [5.74, 6) is 0.639. The Bertz CT molecular complexity index is 586. The van der Waals surface area contributed by atoms with Gasteiger partial charge in [-0.15, -0.1) is 0 Å². The van der Waals surface area contributed by atoms with Gasteiger partial charge in [-0.25, -0.2) is 4.98 Å². The predicted octanol–water partition coefficient (Wildman–Crippen LogP) is 0.0127. The van der Waals surface area contributed by atoms with E-state index in [1.54, 1.807) is 18.1 Å². The number of nitrogens with one attached hydrogen (secondary N) is 1. The Morgan fingerprint density at radius 1 is 1.43 bits per heavy atom. The maximum Gasteiger partial charge on any atom is 0.225 e. The first-order chi connectivity index (χ1) is 11.1. The number of hydrogen-bond acceptors (Lipinski definition) is 5. The van der Waals surface area contributed by atoms with Gasteiger partial charge in [0, 0.05) is 45.8 Å². The van der Waals surface area contributed by atoms with Gasteiger partial charge in [0.05, 0.1) is 19.1 Å². The SMILES string of the molecule is CN1C[C@H](C(=O)NCc2ccnc(N3CCOCC3)c2)CC1=O. The van der Waals surface area contributed by atoms with Crippen molar-refractivity contribution in [3.05, 3.63) is 23.9 Å². The molecule has 2 saturated heterocycles. The summed E-state index contributed by atoms with van der Waals surface area (Å²) in [6, 6.07) is 3.90. The van der Waals surface area contributed by atoms with Gasteiger partial charge in [0.2, 0.25) is 11.8 Å². The van der Waals surface area contributed by atoms with Crippen molar-refractivity contribution in [1.29, 1.82) is 0 Å². The average Bonchev–Trinajstić information content (AvgIpc) is 2.93. The van der Waals surface area contributed by atoms with Gasteiger partial charge in [-0.2, -0.15) is 0 Å². The van der Waals surface area contributed by atoms with Crippen LogP contribution in [0.25, 0.3) is 0 Å². The van der Waals surface area contributed by atoms with Crippen molar-refractivity contribution < 1.29 is 14.3 Å². The van der Waals surface area contributed by atoms with Crippen LogP contribution in [0.4, 0.5) is 5.82 Å². The number of morpholine rings is 1. The van der Waals surface area contributed by atoms with Crippen LogP contribution in [-0.2, 0) is 20.9 Å². The quantitative estimate of drug-likeness (QED) is 0.847. The van der Waals surface area contributed by atoms with Crippen LogP contribution in [0, 0.1) is 5.92 Å². The zero-order valence-corrected chi connectivity index (χ0v) is 13.3. The molecule has 3 heterocycles. The number of carbonyl (C=O) groups excluding carboxylic acids is 2. The summed E-state index contributed by atoms with van der Waals surface area (Å²) in [4.78, 5) is 31.8. The predicted molar refractivity (Wildman–Crippen MR) is 84.9 cm³/mol. The van der Waals surface area contributed by atoms with Crippen molar-refractivity contribution in [2.75, 3.05) is 44.8 Å². The van der Waals surface area contributed by atoms with E-state index in [0.717, 1.165) is 24.5 Å². The Hall–Kier alpha value is -2.15. The van der Waals surface area contributed by atoms with Gasteiger partial charge in [-0.05, 0) is 17.7 Å². The average molecular weight is 318 g/mol. The highest BCUT2D eigenvalue weighted by atomic mass is 16.5. The number of nitrogens with zero attached hydrogens (tertiary/aromatic N) is 3. The van der Waals surface area contributed by atoms with Crippen molar-refractivity contribution in [3.63, 3.8) is 0 Å². The molecule has 0 spiro atoms. The molecule has 0 radical (unpaired) electrons. The van der Waals surface area contributed by atoms with Crippen molar-refractivity contribution in [1.82, 2.24) is 15.2 Å². The first kappa shape index (κ1) is 15.7. The van der Waals surface area contributed by atoms with E-state index in [1.807, 2.05) is 12.1 Å². The normalized spacial score (nSPS) is 21.6. The Morgan fingerprint density at radius 3 is 2.91 bits per heavy atom. The molecule has 1 atom stereocenters. The minimum atomic E-state index is -0.243. The zero-order valence-electron chi connectivity index (χ0n) is 13.3. The van der Waals surface area contributed by atoms with E-state index in [-0.39, 0.29) is 17.7 Å². The fourth-order valence-corrected chi connectivity index (χ4v) is 2.91. The fourth-order valence-electron chi connectivity index (χ4n) is 2.91. The van der Waals surface area contributed by atoms with Gasteiger partial charge < -0.3 is 19.9 Å². The highest BCUT2D eigenvalue weighted by molar-refractivity contribution is 5.89. The summed E-state index contributed by atoms with van der Waals surface area (Å²) in [7, 11) is 1.73. The van der Waals surface area contributed by atoms with Crippen LogP contribution in [-0.4, -0.2) is 61.6 Å². The first-order valence-electron chi connectivity index (χ1n) is 7.93. The minimum absolute atomic E-state index is 0.0312. The van der Waals surface area contributed by atoms with E-state index in [0.29, 0.717) is 32.7 Å². The summed E-state index contributed by atoms with van der Waals surface area (Å²) in [5, 5.41) is 2.92. The second kappa shape index (κ2) is 6.95. The number of aromatic nitrogens is 1. The number of carbonyl (C=O) groups is 2. The maximum absolute atomic E-state index is 12.2. The lowest BCUT2D eigenvalue weighted by molar-refractivity contribution is -0.128. The van der Waals surface area contributed by atoms with E-state index in [4.69, 9.17) is 4.74 Å². The molecule has 0 aliphatic carbocycles. The van der Waals surface area contributed by atoms with Gasteiger partial charge in [0.1, 0.15) is 5.82 Å².